The number of rotatable bonds is 4. The minimum absolute atomic E-state index is 0.0765. The van der Waals surface area contributed by atoms with E-state index < -0.39 is 0 Å². The molecule has 1 saturated heterocycles. The number of hydrogen-bond acceptors (Lipinski definition) is 6. The van der Waals surface area contributed by atoms with Crippen LogP contribution in [0, 0.1) is 0 Å². The quantitative estimate of drug-likeness (QED) is 0.274. The van der Waals surface area contributed by atoms with Crippen molar-refractivity contribution in [2.75, 3.05) is 25.6 Å². The molecule has 0 unspecified atom stereocenters. The summed E-state index contributed by atoms with van der Waals surface area (Å²) in [5.74, 6) is 0. The molecule has 0 atom stereocenters. The van der Waals surface area contributed by atoms with Crippen LogP contribution in [0.2, 0.25) is 0 Å². The van der Waals surface area contributed by atoms with Gasteiger partial charge in [0.25, 0.3) is 0 Å². The van der Waals surface area contributed by atoms with Gasteiger partial charge in [0.2, 0.25) is 0 Å². The number of halogens is 1. The molecule has 0 saturated carbocycles. The molecular weight excluding hydrogens is 545 g/mol. The van der Waals surface area contributed by atoms with Crippen LogP contribution < -0.4 is 0 Å². The fourth-order valence-corrected chi connectivity index (χ4v) is 5.34. The average Bonchev–Trinajstić information content (AvgIpc) is 3.30. The fourth-order valence-electron chi connectivity index (χ4n) is 2.66. The summed E-state index contributed by atoms with van der Waals surface area (Å²) in [6.07, 6.45) is 13.2. The second kappa shape index (κ2) is 20.5. The van der Waals surface area contributed by atoms with E-state index in [9.17, 15) is 0 Å². The van der Waals surface area contributed by atoms with E-state index in [1.54, 1.807) is 24.8 Å². The molecule has 4 rings (SSSR count). The van der Waals surface area contributed by atoms with E-state index in [-0.39, 0.29) is 15.7 Å². The Morgan fingerprint density at radius 3 is 1.56 bits per heavy atom. The molecule has 1 aliphatic heterocycles. The summed E-state index contributed by atoms with van der Waals surface area (Å²) in [5.41, 5.74) is 1.23. The third-order valence-electron chi connectivity index (χ3n) is 4.13. The van der Waals surface area contributed by atoms with Gasteiger partial charge in [-0.15, -0.1) is 0 Å². The maximum atomic E-state index is 5.57. The Morgan fingerprint density at radius 2 is 1.28 bits per heavy atom. The van der Waals surface area contributed by atoms with Crippen molar-refractivity contribution in [2.24, 2.45) is 0 Å². The van der Waals surface area contributed by atoms with Crippen molar-refractivity contribution in [3.8, 4) is 0 Å². The Bertz CT molecular complexity index is 704. The largest absolute Gasteiger partial charge is 0.265 e. The van der Waals surface area contributed by atoms with Gasteiger partial charge in [0, 0.05) is 37.9 Å². The van der Waals surface area contributed by atoms with E-state index >= 15 is 0 Å². The van der Waals surface area contributed by atoms with E-state index in [2.05, 4.69) is 54.8 Å². The Balaban J connectivity index is 0.000000220. The minimum atomic E-state index is -0.0765. The van der Waals surface area contributed by atoms with Gasteiger partial charge in [0.05, 0.1) is 6.17 Å². The number of hydrogen-bond donors (Lipinski definition) is 0. The van der Waals surface area contributed by atoms with Crippen molar-refractivity contribution in [3.05, 3.63) is 97.1 Å². The molecule has 0 radical (unpaired) electrons. The Labute approximate surface area is 213 Å². The standard InChI is InChI=1S/C7H16N2S2.C7H6.2C5H5N.ClH.Ru/c1-4-7-8(10-2)5-6-9(7)11-3;1-7-5-3-2-4-6-7;2*1-2-4-6-5-3-1;;/h7H,4-6H2,1-3H3;1-6H;2*1-5H;1H;/q;;;;;+1/p-1. The molecule has 0 amide bonds. The van der Waals surface area contributed by atoms with Crippen LogP contribution in [-0.4, -0.2) is 55.0 Å². The first-order chi connectivity index (χ1) is 15.8. The molecule has 0 N–H and O–H groups in total. The molecule has 3 heterocycles. The molecule has 0 aliphatic carbocycles. The van der Waals surface area contributed by atoms with Crippen LogP contribution >= 0.6 is 33.6 Å². The summed E-state index contributed by atoms with van der Waals surface area (Å²) in [7, 11) is 5.57. The maximum Gasteiger partial charge on any atom is 0.0267 e. The van der Waals surface area contributed by atoms with E-state index in [4.69, 9.17) is 9.69 Å². The normalized spacial score (nSPS) is 14.1. The van der Waals surface area contributed by atoms with Crippen molar-refractivity contribution in [3.63, 3.8) is 0 Å². The Hall–Kier alpha value is -1.08. The van der Waals surface area contributed by atoms with E-state index in [1.807, 2.05) is 78.5 Å². The van der Waals surface area contributed by atoms with Gasteiger partial charge in [-0.05, 0) is 43.2 Å². The van der Waals surface area contributed by atoms with Gasteiger partial charge < -0.3 is 0 Å². The molecule has 0 spiro atoms. The van der Waals surface area contributed by atoms with Crippen LogP contribution in [0.5, 0.6) is 0 Å². The number of benzene rings is 1. The predicted molar refractivity (Wildman–Crippen MR) is 140 cm³/mol. The molecule has 8 heteroatoms. The Kier molecular flexibility index (Phi) is 18.6. The predicted octanol–water partition coefficient (Wildman–Crippen LogP) is 6.13. The molecule has 2 aromatic heterocycles. The van der Waals surface area contributed by atoms with Gasteiger partial charge in [-0.3, -0.25) is 9.97 Å². The summed E-state index contributed by atoms with van der Waals surface area (Å²) in [4.78, 5) is 7.57. The minimum Gasteiger partial charge on any atom is -0.265 e. The summed E-state index contributed by atoms with van der Waals surface area (Å²) >= 11 is 3.65. The van der Waals surface area contributed by atoms with Crippen LogP contribution in [-0.2, 0) is 15.7 Å². The molecule has 32 heavy (non-hydrogen) atoms. The summed E-state index contributed by atoms with van der Waals surface area (Å²) in [6, 6.07) is 21.6. The molecule has 4 nitrogen and oxygen atoms in total. The van der Waals surface area contributed by atoms with E-state index in [0.717, 1.165) is 0 Å². The van der Waals surface area contributed by atoms with Crippen LogP contribution in [0.15, 0.2) is 91.5 Å². The van der Waals surface area contributed by atoms with Crippen LogP contribution in [0.1, 0.15) is 18.9 Å². The van der Waals surface area contributed by atoms with Crippen molar-refractivity contribution in [1.29, 1.82) is 0 Å². The van der Waals surface area contributed by atoms with Gasteiger partial charge in [0.1, 0.15) is 0 Å². The fraction of sp³-hybridized carbons (Fsp3) is 0.292. The van der Waals surface area contributed by atoms with Crippen LogP contribution in [0.4, 0.5) is 0 Å². The van der Waals surface area contributed by atoms with E-state index in [0.29, 0.717) is 6.17 Å². The first-order valence-corrected chi connectivity index (χ1v) is 15.8. The molecule has 1 fully saturated rings. The van der Waals surface area contributed by atoms with E-state index in [1.165, 1.54) is 25.1 Å². The van der Waals surface area contributed by atoms with Crippen LogP contribution in [0.25, 0.3) is 0 Å². The summed E-state index contributed by atoms with van der Waals surface area (Å²) < 4.78 is 6.97. The van der Waals surface area contributed by atoms with Gasteiger partial charge in [-0.1, -0.05) is 43.0 Å². The first-order valence-electron chi connectivity index (χ1n) is 10.2. The molecule has 3 aromatic rings. The first kappa shape index (κ1) is 29.0. The van der Waals surface area contributed by atoms with Gasteiger partial charge in [0.15, 0.2) is 0 Å². The van der Waals surface area contributed by atoms with Crippen LogP contribution in [0.3, 0.4) is 0 Å². The zero-order valence-electron chi connectivity index (χ0n) is 18.8. The van der Waals surface area contributed by atoms with Crippen molar-refractivity contribution in [2.45, 2.75) is 19.5 Å². The second-order valence-electron chi connectivity index (χ2n) is 6.17. The smallest absolute Gasteiger partial charge is 0.0267 e. The average molecular weight is 577 g/mol. The van der Waals surface area contributed by atoms with Gasteiger partial charge in [-0.25, -0.2) is 8.61 Å². The summed E-state index contributed by atoms with van der Waals surface area (Å²) in [5, 5.41) is 0. The molecule has 175 valence electrons. The SMILES string of the molecule is CCC1N(SC)CCN1SC.[Cl][Ru]=[CH]c1ccccc1.c1ccncc1.c1ccncc1. The number of aromatic nitrogens is 2. The zero-order chi connectivity index (χ0) is 23.3. The van der Waals surface area contributed by atoms with Crippen molar-refractivity contribution in [1.82, 2.24) is 18.6 Å². The molecular formula is C24H32ClN4RuS2. The maximum absolute atomic E-state index is 5.57. The number of pyridine rings is 2. The van der Waals surface area contributed by atoms with Gasteiger partial charge >= 0.3 is 65.9 Å². The third-order valence-corrected chi connectivity index (χ3v) is 7.14. The van der Waals surface area contributed by atoms with Crippen molar-refractivity contribution >= 4 is 38.2 Å². The van der Waals surface area contributed by atoms with Gasteiger partial charge in [-0.2, -0.15) is 0 Å². The summed E-state index contributed by atoms with van der Waals surface area (Å²) in [6.45, 7) is 4.67. The van der Waals surface area contributed by atoms with Crippen molar-refractivity contribution < 1.29 is 15.7 Å². The molecule has 1 aromatic carbocycles. The molecule has 0 bridgehead atoms. The monoisotopic (exact) mass is 577 g/mol. The topological polar surface area (TPSA) is 32.3 Å². The molecule has 1 aliphatic rings. The third kappa shape index (κ3) is 13.5. The Morgan fingerprint density at radius 1 is 0.844 bits per heavy atom. The number of nitrogens with zero attached hydrogens (tertiary/aromatic N) is 4. The second-order valence-corrected chi connectivity index (χ2v) is 9.64. The zero-order valence-corrected chi connectivity index (χ0v) is 22.9.